The third-order valence-electron chi connectivity index (χ3n) is 3.67. The van der Waals surface area contributed by atoms with E-state index in [1.807, 2.05) is 6.92 Å². The summed E-state index contributed by atoms with van der Waals surface area (Å²) in [5.74, 6) is -0.225. The monoisotopic (exact) mass is 326 g/mol. The molecule has 0 saturated carbocycles. The number of amides is 1. The number of morpholine rings is 1. The number of ether oxygens (including phenoxy) is 1. The minimum absolute atomic E-state index is 0.173. The summed E-state index contributed by atoms with van der Waals surface area (Å²) >= 11 is 0. The average molecular weight is 326 g/mol. The summed E-state index contributed by atoms with van der Waals surface area (Å²) in [6.07, 6.45) is 0.847. The predicted molar refractivity (Wildman–Crippen MR) is 83.0 cm³/mol. The zero-order valence-electron chi connectivity index (χ0n) is 12.9. The van der Waals surface area contributed by atoms with E-state index in [4.69, 9.17) is 4.74 Å². The lowest BCUT2D eigenvalue weighted by molar-refractivity contribution is -0.136. The lowest BCUT2D eigenvalue weighted by Crippen LogP contribution is -2.50. The quantitative estimate of drug-likeness (QED) is 0.867. The van der Waals surface area contributed by atoms with E-state index in [0.29, 0.717) is 26.3 Å². The van der Waals surface area contributed by atoms with Gasteiger partial charge >= 0.3 is 0 Å². The van der Waals surface area contributed by atoms with Gasteiger partial charge in [0.25, 0.3) is 0 Å². The first kappa shape index (κ1) is 16.9. The largest absolute Gasteiger partial charge is 0.378 e. The SMILES string of the molecule is CCc1ccc(S(=O)(=O)NC(C)C(=O)N2CCOCC2)cc1. The average Bonchev–Trinajstić information content (AvgIpc) is 2.54. The molecule has 122 valence electrons. The molecule has 1 aliphatic rings. The van der Waals surface area contributed by atoms with E-state index in [-0.39, 0.29) is 10.8 Å². The maximum Gasteiger partial charge on any atom is 0.241 e. The zero-order chi connectivity index (χ0) is 16.2. The van der Waals surface area contributed by atoms with Gasteiger partial charge in [0, 0.05) is 13.1 Å². The summed E-state index contributed by atoms with van der Waals surface area (Å²) in [6.45, 7) is 5.54. The lowest BCUT2D eigenvalue weighted by Gasteiger charge is -2.29. The smallest absolute Gasteiger partial charge is 0.241 e. The normalized spacial score (nSPS) is 17.3. The third-order valence-corrected chi connectivity index (χ3v) is 5.22. The summed E-state index contributed by atoms with van der Waals surface area (Å²) in [5.41, 5.74) is 1.07. The van der Waals surface area contributed by atoms with Gasteiger partial charge in [-0.05, 0) is 31.0 Å². The highest BCUT2D eigenvalue weighted by Gasteiger charge is 2.26. The van der Waals surface area contributed by atoms with Crippen LogP contribution in [0.3, 0.4) is 0 Å². The Labute approximate surface area is 131 Å². The fourth-order valence-corrected chi connectivity index (χ4v) is 3.51. The second kappa shape index (κ2) is 7.21. The Morgan fingerprint density at radius 3 is 2.41 bits per heavy atom. The molecular weight excluding hydrogens is 304 g/mol. The van der Waals surface area contributed by atoms with Crippen LogP contribution in [0.15, 0.2) is 29.2 Å². The molecule has 1 saturated heterocycles. The highest BCUT2D eigenvalue weighted by molar-refractivity contribution is 7.89. The molecule has 0 aliphatic carbocycles. The van der Waals surface area contributed by atoms with Gasteiger partial charge in [-0.25, -0.2) is 8.42 Å². The van der Waals surface area contributed by atoms with Gasteiger partial charge in [-0.15, -0.1) is 0 Å². The van der Waals surface area contributed by atoms with Crippen molar-refractivity contribution in [2.75, 3.05) is 26.3 Å². The minimum atomic E-state index is -3.70. The number of nitrogens with one attached hydrogen (secondary N) is 1. The van der Waals surface area contributed by atoms with E-state index in [0.717, 1.165) is 12.0 Å². The summed E-state index contributed by atoms with van der Waals surface area (Å²) in [7, 11) is -3.70. The van der Waals surface area contributed by atoms with Crippen molar-refractivity contribution in [2.24, 2.45) is 0 Å². The number of rotatable bonds is 5. The molecule has 0 radical (unpaired) electrons. The predicted octanol–water partition coefficient (Wildman–Crippen LogP) is 0.775. The van der Waals surface area contributed by atoms with E-state index in [1.165, 1.54) is 0 Å². The van der Waals surface area contributed by atoms with Crippen molar-refractivity contribution < 1.29 is 17.9 Å². The van der Waals surface area contributed by atoms with Gasteiger partial charge in [0.1, 0.15) is 0 Å². The van der Waals surface area contributed by atoms with Crippen LogP contribution in [-0.2, 0) is 26.0 Å². The maximum atomic E-state index is 12.3. The van der Waals surface area contributed by atoms with Crippen molar-refractivity contribution >= 4 is 15.9 Å². The van der Waals surface area contributed by atoms with Gasteiger partial charge in [0.15, 0.2) is 0 Å². The number of sulfonamides is 1. The highest BCUT2D eigenvalue weighted by Crippen LogP contribution is 2.12. The van der Waals surface area contributed by atoms with Crippen molar-refractivity contribution in [3.05, 3.63) is 29.8 Å². The number of hydrogen-bond donors (Lipinski definition) is 1. The van der Waals surface area contributed by atoms with Gasteiger partial charge in [-0.2, -0.15) is 4.72 Å². The Morgan fingerprint density at radius 1 is 1.27 bits per heavy atom. The summed E-state index contributed by atoms with van der Waals surface area (Å²) in [6, 6.07) is 5.89. The first-order valence-corrected chi connectivity index (χ1v) is 8.90. The van der Waals surface area contributed by atoms with Crippen molar-refractivity contribution in [3.63, 3.8) is 0 Å². The molecule has 1 amide bonds. The van der Waals surface area contributed by atoms with Crippen LogP contribution < -0.4 is 4.72 Å². The molecule has 1 N–H and O–H groups in total. The Kier molecular flexibility index (Phi) is 5.55. The molecule has 0 aromatic heterocycles. The Bertz CT molecular complexity index is 607. The molecule has 7 heteroatoms. The van der Waals surface area contributed by atoms with E-state index < -0.39 is 16.1 Å². The number of carbonyl (C=O) groups is 1. The molecule has 1 aromatic rings. The molecule has 1 heterocycles. The zero-order valence-corrected chi connectivity index (χ0v) is 13.7. The van der Waals surface area contributed by atoms with E-state index in [1.54, 1.807) is 36.1 Å². The Morgan fingerprint density at radius 2 is 1.86 bits per heavy atom. The van der Waals surface area contributed by atoms with E-state index in [2.05, 4.69) is 4.72 Å². The summed E-state index contributed by atoms with van der Waals surface area (Å²) < 4.78 is 32.3. The molecule has 22 heavy (non-hydrogen) atoms. The number of nitrogens with zero attached hydrogens (tertiary/aromatic N) is 1. The van der Waals surface area contributed by atoms with Crippen LogP contribution in [0, 0.1) is 0 Å². The number of carbonyl (C=O) groups excluding carboxylic acids is 1. The first-order chi connectivity index (χ1) is 10.4. The third kappa shape index (κ3) is 4.06. The Hall–Kier alpha value is -1.44. The van der Waals surface area contributed by atoms with Crippen LogP contribution in [0.2, 0.25) is 0 Å². The molecule has 0 spiro atoms. The Balaban J connectivity index is 2.04. The van der Waals surface area contributed by atoms with Crippen LogP contribution in [0.25, 0.3) is 0 Å². The van der Waals surface area contributed by atoms with Crippen LogP contribution in [0.5, 0.6) is 0 Å². The van der Waals surface area contributed by atoms with Crippen molar-refractivity contribution in [2.45, 2.75) is 31.2 Å². The second-order valence-corrected chi connectivity index (χ2v) is 6.99. The molecule has 1 aliphatic heterocycles. The van der Waals surface area contributed by atoms with Gasteiger partial charge in [-0.3, -0.25) is 4.79 Å². The van der Waals surface area contributed by atoms with Crippen LogP contribution in [0.4, 0.5) is 0 Å². The topological polar surface area (TPSA) is 75.7 Å². The highest BCUT2D eigenvalue weighted by atomic mass is 32.2. The number of benzene rings is 1. The number of hydrogen-bond acceptors (Lipinski definition) is 4. The van der Waals surface area contributed by atoms with Crippen molar-refractivity contribution in [1.82, 2.24) is 9.62 Å². The summed E-state index contributed by atoms with van der Waals surface area (Å²) in [5, 5.41) is 0. The fraction of sp³-hybridized carbons (Fsp3) is 0.533. The van der Waals surface area contributed by atoms with Crippen molar-refractivity contribution in [1.29, 1.82) is 0 Å². The molecule has 1 fully saturated rings. The molecule has 1 atom stereocenters. The van der Waals surface area contributed by atoms with Gasteiger partial charge in [-0.1, -0.05) is 19.1 Å². The van der Waals surface area contributed by atoms with Crippen LogP contribution in [0.1, 0.15) is 19.4 Å². The number of aryl methyl sites for hydroxylation is 1. The minimum Gasteiger partial charge on any atom is -0.378 e. The standard InChI is InChI=1S/C15H22N2O4S/c1-3-13-4-6-14(7-5-13)22(19,20)16-12(2)15(18)17-8-10-21-11-9-17/h4-7,12,16H,3,8-11H2,1-2H3. The molecule has 0 bridgehead atoms. The molecular formula is C15H22N2O4S. The van der Waals surface area contributed by atoms with Crippen LogP contribution in [-0.4, -0.2) is 51.6 Å². The van der Waals surface area contributed by atoms with E-state index in [9.17, 15) is 13.2 Å². The van der Waals surface area contributed by atoms with Crippen LogP contribution >= 0.6 is 0 Å². The molecule has 2 rings (SSSR count). The molecule has 1 unspecified atom stereocenters. The maximum absolute atomic E-state index is 12.3. The van der Waals surface area contributed by atoms with Gasteiger partial charge in [0.2, 0.25) is 15.9 Å². The lowest BCUT2D eigenvalue weighted by atomic mass is 10.2. The fourth-order valence-electron chi connectivity index (χ4n) is 2.31. The molecule has 1 aromatic carbocycles. The first-order valence-electron chi connectivity index (χ1n) is 7.42. The van der Waals surface area contributed by atoms with E-state index >= 15 is 0 Å². The summed E-state index contributed by atoms with van der Waals surface area (Å²) in [4.78, 5) is 14.0. The van der Waals surface area contributed by atoms with Crippen molar-refractivity contribution in [3.8, 4) is 0 Å². The van der Waals surface area contributed by atoms with Gasteiger partial charge in [0.05, 0.1) is 24.2 Å². The molecule has 6 nitrogen and oxygen atoms in total. The van der Waals surface area contributed by atoms with Gasteiger partial charge < -0.3 is 9.64 Å². The second-order valence-electron chi connectivity index (χ2n) is 5.28.